The van der Waals surface area contributed by atoms with E-state index in [0.29, 0.717) is 18.9 Å². The van der Waals surface area contributed by atoms with Gasteiger partial charge in [-0.2, -0.15) is 4.89 Å². The maximum absolute atomic E-state index is 10.7. The van der Waals surface area contributed by atoms with Crippen molar-refractivity contribution in [1.82, 2.24) is 0 Å². The van der Waals surface area contributed by atoms with Crippen LogP contribution in [0.5, 0.6) is 0 Å². The van der Waals surface area contributed by atoms with E-state index >= 15 is 0 Å². The Morgan fingerprint density at radius 3 is 2.40 bits per heavy atom. The summed E-state index contributed by atoms with van der Waals surface area (Å²) in [5, 5.41) is 40.7. The number of aliphatic hydroxyl groups is 4. The first kappa shape index (κ1) is 23.6. The summed E-state index contributed by atoms with van der Waals surface area (Å²) in [5.74, 6) is -1.23. The van der Waals surface area contributed by atoms with Gasteiger partial charge in [-0.25, -0.2) is 4.89 Å². The molecule has 5 atom stereocenters. The molecule has 1 aliphatic heterocycles. The van der Waals surface area contributed by atoms with Crippen LogP contribution < -0.4 is 0 Å². The minimum absolute atomic E-state index is 0.270. The standard InChI is InChI=1S/C23H36O7/c24-15-19-20(25)21(26)22(27)23(29-19,30-28-16-18-12-5-2-6-13-18)14-8-7-11-17-9-3-1-4-10-17/h1,3-4,9-10,18-22,24-27H,2,5-8,11-16H2/t19-,20-,21+,22-,23+/m1/s1. The molecule has 0 unspecified atom stereocenters. The van der Waals surface area contributed by atoms with Gasteiger partial charge in [-0.1, -0.05) is 49.6 Å². The second-order valence-corrected chi connectivity index (χ2v) is 8.64. The van der Waals surface area contributed by atoms with Crippen LogP contribution >= 0.6 is 0 Å². The lowest BCUT2D eigenvalue weighted by molar-refractivity contribution is -0.482. The molecular weight excluding hydrogens is 388 g/mol. The minimum Gasteiger partial charge on any atom is -0.394 e. The third kappa shape index (κ3) is 6.01. The molecule has 7 heteroatoms. The SMILES string of the molecule is OC[C@H]1O[C@@](CCCCc2ccccc2)(OOCC2CCCCC2)[C@H](O)[C@@H](O)[C@@H]1O. The van der Waals surface area contributed by atoms with Crippen LogP contribution in [-0.4, -0.2) is 63.8 Å². The van der Waals surface area contributed by atoms with Gasteiger partial charge in [-0.3, -0.25) is 0 Å². The Hall–Kier alpha value is -1.06. The molecule has 30 heavy (non-hydrogen) atoms. The van der Waals surface area contributed by atoms with E-state index in [1.165, 1.54) is 24.8 Å². The van der Waals surface area contributed by atoms with Gasteiger partial charge in [0.05, 0.1) is 13.2 Å². The van der Waals surface area contributed by atoms with E-state index in [4.69, 9.17) is 14.5 Å². The smallest absolute Gasteiger partial charge is 0.230 e. The number of aliphatic hydroxyl groups excluding tert-OH is 4. The topological polar surface area (TPSA) is 109 Å². The molecule has 0 spiro atoms. The van der Waals surface area contributed by atoms with E-state index in [9.17, 15) is 20.4 Å². The van der Waals surface area contributed by atoms with Crippen molar-refractivity contribution < 1.29 is 34.9 Å². The summed E-state index contributed by atoms with van der Waals surface area (Å²) in [6.45, 7) is -0.104. The van der Waals surface area contributed by atoms with Gasteiger partial charge in [0.15, 0.2) is 0 Å². The van der Waals surface area contributed by atoms with E-state index in [-0.39, 0.29) is 6.42 Å². The van der Waals surface area contributed by atoms with Crippen LogP contribution in [0.2, 0.25) is 0 Å². The Bertz CT molecular complexity index is 605. The summed E-state index contributed by atoms with van der Waals surface area (Å²) in [4.78, 5) is 11.2. The number of benzene rings is 1. The third-order valence-electron chi connectivity index (χ3n) is 6.35. The summed E-state index contributed by atoms with van der Waals surface area (Å²) in [5.41, 5.74) is 1.22. The van der Waals surface area contributed by atoms with Gasteiger partial charge in [0, 0.05) is 6.42 Å². The second kappa shape index (κ2) is 11.5. The van der Waals surface area contributed by atoms with E-state index in [1.807, 2.05) is 18.2 Å². The predicted octanol–water partition coefficient (Wildman–Crippen LogP) is 2.10. The first-order valence-electron chi connectivity index (χ1n) is 11.2. The minimum atomic E-state index is -1.63. The predicted molar refractivity (Wildman–Crippen MR) is 110 cm³/mol. The lowest BCUT2D eigenvalue weighted by Crippen LogP contribution is -2.66. The van der Waals surface area contributed by atoms with Gasteiger partial charge in [-0.15, -0.1) is 0 Å². The zero-order valence-electron chi connectivity index (χ0n) is 17.6. The van der Waals surface area contributed by atoms with E-state index < -0.39 is 36.8 Å². The molecular formula is C23H36O7. The average molecular weight is 425 g/mol. The second-order valence-electron chi connectivity index (χ2n) is 8.64. The molecule has 2 aliphatic rings. The summed E-state index contributed by atoms with van der Waals surface area (Å²) in [6.07, 6.45) is 2.93. The van der Waals surface area contributed by atoms with Crippen LogP contribution in [0.4, 0.5) is 0 Å². The molecule has 3 rings (SSSR count). The lowest BCUT2D eigenvalue weighted by atomic mass is 9.89. The molecule has 0 radical (unpaired) electrons. The van der Waals surface area contributed by atoms with Crippen LogP contribution in [0, 0.1) is 5.92 Å². The number of rotatable bonds is 10. The Balaban J connectivity index is 1.60. The number of hydrogen-bond donors (Lipinski definition) is 4. The fraction of sp³-hybridized carbons (Fsp3) is 0.739. The maximum atomic E-state index is 10.7. The van der Waals surface area contributed by atoms with Gasteiger partial charge in [0.1, 0.15) is 24.4 Å². The van der Waals surface area contributed by atoms with Gasteiger partial charge in [-0.05, 0) is 43.6 Å². The van der Waals surface area contributed by atoms with Crippen molar-refractivity contribution in [2.24, 2.45) is 5.92 Å². The van der Waals surface area contributed by atoms with Crippen molar-refractivity contribution in [1.29, 1.82) is 0 Å². The maximum Gasteiger partial charge on any atom is 0.230 e. The Kier molecular flexibility index (Phi) is 9.07. The Morgan fingerprint density at radius 1 is 0.967 bits per heavy atom. The zero-order valence-corrected chi connectivity index (χ0v) is 17.6. The molecule has 0 amide bonds. The highest BCUT2D eigenvalue weighted by molar-refractivity contribution is 5.14. The van der Waals surface area contributed by atoms with Crippen molar-refractivity contribution in [2.75, 3.05) is 13.2 Å². The molecule has 1 aromatic carbocycles. The Labute approximate surface area is 178 Å². The molecule has 1 aliphatic carbocycles. The van der Waals surface area contributed by atoms with E-state index in [2.05, 4.69) is 12.1 Å². The normalized spacial score (nSPS) is 32.9. The quantitative estimate of drug-likeness (QED) is 0.259. The summed E-state index contributed by atoms with van der Waals surface area (Å²) >= 11 is 0. The highest BCUT2D eigenvalue weighted by Gasteiger charge is 2.55. The number of ether oxygens (including phenoxy) is 1. The average Bonchev–Trinajstić information content (AvgIpc) is 2.79. The monoisotopic (exact) mass is 424 g/mol. The molecule has 1 saturated heterocycles. The highest BCUT2D eigenvalue weighted by Crippen LogP contribution is 2.36. The first-order chi connectivity index (χ1) is 14.6. The number of aryl methyl sites for hydroxylation is 1. The van der Waals surface area contributed by atoms with Crippen molar-refractivity contribution in [3.8, 4) is 0 Å². The van der Waals surface area contributed by atoms with Crippen LogP contribution in [0.1, 0.15) is 56.9 Å². The molecule has 1 aromatic rings. The number of unbranched alkanes of at least 4 members (excludes halogenated alkanes) is 1. The highest BCUT2D eigenvalue weighted by atomic mass is 17.2. The van der Waals surface area contributed by atoms with Gasteiger partial charge in [0.2, 0.25) is 5.79 Å². The van der Waals surface area contributed by atoms with Crippen molar-refractivity contribution in [3.63, 3.8) is 0 Å². The molecule has 4 N–H and O–H groups in total. The molecule has 170 valence electrons. The van der Waals surface area contributed by atoms with Crippen LogP contribution in [-0.2, 0) is 20.9 Å². The van der Waals surface area contributed by atoms with Crippen LogP contribution in [0.25, 0.3) is 0 Å². The van der Waals surface area contributed by atoms with Crippen molar-refractivity contribution in [2.45, 2.75) is 88.0 Å². The summed E-state index contributed by atoms with van der Waals surface area (Å²) < 4.78 is 5.80. The number of hydrogen-bond acceptors (Lipinski definition) is 7. The fourth-order valence-electron chi connectivity index (χ4n) is 4.45. The van der Waals surface area contributed by atoms with Crippen molar-refractivity contribution >= 4 is 0 Å². The van der Waals surface area contributed by atoms with E-state index in [1.54, 1.807) is 0 Å². The van der Waals surface area contributed by atoms with Gasteiger partial charge in [0.25, 0.3) is 0 Å². The molecule has 1 saturated carbocycles. The summed E-state index contributed by atoms with van der Waals surface area (Å²) in [6, 6.07) is 10.1. The zero-order chi connectivity index (χ0) is 21.4. The van der Waals surface area contributed by atoms with Crippen LogP contribution in [0.3, 0.4) is 0 Å². The largest absolute Gasteiger partial charge is 0.394 e. The lowest BCUT2D eigenvalue weighted by Gasteiger charge is -2.47. The van der Waals surface area contributed by atoms with Crippen LogP contribution in [0.15, 0.2) is 30.3 Å². The molecule has 7 nitrogen and oxygen atoms in total. The summed E-state index contributed by atoms with van der Waals surface area (Å²) in [7, 11) is 0. The fourth-order valence-corrected chi connectivity index (χ4v) is 4.45. The molecule has 1 heterocycles. The van der Waals surface area contributed by atoms with Crippen molar-refractivity contribution in [3.05, 3.63) is 35.9 Å². The van der Waals surface area contributed by atoms with Gasteiger partial charge < -0.3 is 25.2 Å². The third-order valence-corrected chi connectivity index (χ3v) is 6.35. The first-order valence-corrected chi connectivity index (χ1v) is 11.2. The molecule has 0 bridgehead atoms. The Morgan fingerprint density at radius 2 is 1.70 bits per heavy atom. The van der Waals surface area contributed by atoms with E-state index in [0.717, 1.165) is 25.7 Å². The molecule has 0 aromatic heterocycles. The molecule has 2 fully saturated rings. The van der Waals surface area contributed by atoms with Gasteiger partial charge >= 0.3 is 0 Å².